The molecule has 14 heavy (non-hydrogen) atoms. The molecule has 3 nitrogen and oxygen atoms in total. The summed E-state index contributed by atoms with van der Waals surface area (Å²) >= 11 is 0. The van der Waals surface area contributed by atoms with E-state index in [1.165, 1.54) is 7.11 Å². The van der Waals surface area contributed by atoms with Gasteiger partial charge in [0.05, 0.1) is 7.11 Å². The summed E-state index contributed by atoms with van der Waals surface area (Å²) < 4.78 is 5.11. The summed E-state index contributed by atoms with van der Waals surface area (Å²) in [6.45, 7) is 2.05. The topological polar surface area (TPSA) is 46.5 Å². The number of para-hydroxylation sites is 1. The standard InChI is InChI=1S/C11H14O3/c1-3-5-8-6-4-7-9(11(12)13)10(8)14-2/h4,6-7H,3,5H2,1-2H3,(H,12,13). The molecule has 0 fully saturated rings. The zero-order chi connectivity index (χ0) is 10.6. The van der Waals surface area contributed by atoms with Crippen molar-refractivity contribution in [3.05, 3.63) is 29.3 Å². The minimum Gasteiger partial charge on any atom is -0.496 e. The lowest BCUT2D eigenvalue weighted by Gasteiger charge is -2.09. The van der Waals surface area contributed by atoms with Gasteiger partial charge in [-0.1, -0.05) is 25.5 Å². The van der Waals surface area contributed by atoms with Crippen molar-refractivity contribution >= 4 is 5.97 Å². The minimum absolute atomic E-state index is 0.235. The summed E-state index contributed by atoms with van der Waals surface area (Å²) in [5.74, 6) is -0.457. The molecule has 1 aromatic carbocycles. The number of hydrogen-bond acceptors (Lipinski definition) is 2. The molecular weight excluding hydrogens is 180 g/mol. The van der Waals surface area contributed by atoms with E-state index in [-0.39, 0.29) is 5.56 Å². The Morgan fingerprint density at radius 3 is 2.71 bits per heavy atom. The van der Waals surface area contributed by atoms with E-state index in [4.69, 9.17) is 9.84 Å². The fourth-order valence-corrected chi connectivity index (χ4v) is 1.46. The molecule has 0 spiro atoms. The molecular formula is C11H14O3. The summed E-state index contributed by atoms with van der Waals surface area (Å²) in [6.07, 6.45) is 1.81. The molecule has 0 saturated carbocycles. The van der Waals surface area contributed by atoms with Crippen LogP contribution in [0.5, 0.6) is 5.75 Å². The highest BCUT2D eigenvalue weighted by molar-refractivity contribution is 5.91. The van der Waals surface area contributed by atoms with E-state index in [0.717, 1.165) is 18.4 Å². The zero-order valence-corrected chi connectivity index (χ0v) is 8.41. The summed E-state index contributed by atoms with van der Waals surface area (Å²) in [4.78, 5) is 10.9. The maximum Gasteiger partial charge on any atom is 0.339 e. The van der Waals surface area contributed by atoms with Crippen LogP contribution in [0, 0.1) is 0 Å². The molecule has 76 valence electrons. The lowest BCUT2D eigenvalue weighted by molar-refractivity contribution is 0.0693. The van der Waals surface area contributed by atoms with Crippen molar-refractivity contribution in [2.75, 3.05) is 7.11 Å². The number of benzene rings is 1. The normalized spacial score (nSPS) is 9.86. The van der Waals surface area contributed by atoms with Gasteiger partial charge in [0.2, 0.25) is 0 Å². The van der Waals surface area contributed by atoms with E-state index in [0.29, 0.717) is 5.75 Å². The van der Waals surface area contributed by atoms with Crippen LogP contribution in [0.1, 0.15) is 29.3 Å². The summed E-state index contributed by atoms with van der Waals surface area (Å²) in [7, 11) is 1.50. The molecule has 0 aliphatic heterocycles. The third-order valence-corrected chi connectivity index (χ3v) is 2.05. The van der Waals surface area contributed by atoms with Crippen LogP contribution in [0.15, 0.2) is 18.2 Å². The van der Waals surface area contributed by atoms with E-state index >= 15 is 0 Å². The predicted molar refractivity (Wildman–Crippen MR) is 53.9 cm³/mol. The number of ether oxygens (including phenoxy) is 1. The molecule has 1 N–H and O–H groups in total. The lowest BCUT2D eigenvalue weighted by atomic mass is 10.0. The third kappa shape index (κ3) is 2.05. The Morgan fingerprint density at radius 2 is 2.21 bits per heavy atom. The molecule has 0 radical (unpaired) electrons. The van der Waals surface area contributed by atoms with Gasteiger partial charge < -0.3 is 9.84 Å². The van der Waals surface area contributed by atoms with Crippen molar-refractivity contribution in [3.8, 4) is 5.75 Å². The molecule has 0 aromatic heterocycles. The van der Waals surface area contributed by atoms with Crippen molar-refractivity contribution < 1.29 is 14.6 Å². The van der Waals surface area contributed by atoms with Crippen LogP contribution in [-0.4, -0.2) is 18.2 Å². The Kier molecular flexibility index (Phi) is 3.51. The second-order valence-electron chi connectivity index (χ2n) is 3.05. The molecule has 0 heterocycles. The summed E-state index contributed by atoms with van der Waals surface area (Å²) in [6, 6.07) is 5.20. The second-order valence-corrected chi connectivity index (χ2v) is 3.05. The fraction of sp³-hybridized carbons (Fsp3) is 0.364. The number of rotatable bonds is 4. The monoisotopic (exact) mass is 194 g/mol. The summed E-state index contributed by atoms with van der Waals surface area (Å²) in [5.41, 5.74) is 1.19. The van der Waals surface area contributed by atoms with Gasteiger partial charge in [0.25, 0.3) is 0 Å². The van der Waals surface area contributed by atoms with Gasteiger partial charge in [-0.15, -0.1) is 0 Å². The van der Waals surface area contributed by atoms with Gasteiger partial charge in [-0.2, -0.15) is 0 Å². The lowest BCUT2D eigenvalue weighted by Crippen LogP contribution is -2.03. The Balaban J connectivity index is 3.17. The van der Waals surface area contributed by atoms with Gasteiger partial charge in [-0.05, 0) is 18.1 Å². The van der Waals surface area contributed by atoms with Crippen LogP contribution in [0.4, 0.5) is 0 Å². The highest BCUT2D eigenvalue weighted by Gasteiger charge is 2.13. The van der Waals surface area contributed by atoms with Crippen molar-refractivity contribution in [3.63, 3.8) is 0 Å². The van der Waals surface area contributed by atoms with E-state index in [1.807, 2.05) is 13.0 Å². The highest BCUT2D eigenvalue weighted by atomic mass is 16.5. The Bertz CT molecular complexity index is 331. The zero-order valence-electron chi connectivity index (χ0n) is 8.41. The SMILES string of the molecule is CCCc1cccc(C(=O)O)c1OC. The van der Waals surface area contributed by atoms with E-state index in [2.05, 4.69) is 0 Å². The molecule has 1 aromatic rings. The molecule has 0 unspecified atom stereocenters. The quantitative estimate of drug-likeness (QED) is 0.800. The maximum absolute atomic E-state index is 10.9. The predicted octanol–water partition coefficient (Wildman–Crippen LogP) is 2.35. The van der Waals surface area contributed by atoms with E-state index in [9.17, 15) is 4.79 Å². The van der Waals surface area contributed by atoms with Crippen molar-refractivity contribution in [1.29, 1.82) is 0 Å². The smallest absolute Gasteiger partial charge is 0.339 e. The molecule has 0 saturated heterocycles. The Labute approximate surface area is 83.3 Å². The first-order chi connectivity index (χ1) is 6.70. The number of aromatic carboxylic acids is 1. The average Bonchev–Trinajstić information content (AvgIpc) is 2.18. The third-order valence-electron chi connectivity index (χ3n) is 2.05. The van der Waals surface area contributed by atoms with Crippen LogP contribution in [-0.2, 0) is 6.42 Å². The molecule has 0 aliphatic carbocycles. The summed E-state index contributed by atoms with van der Waals surface area (Å²) in [5, 5.41) is 8.91. The van der Waals surface area contributed by atoms with Gasteiger partial charge in [0, 0.05) is 0 Å². The molecule has 0 atom stereocenters. The second kappa shape index (κ2) is 4.65. The van der Waals surface area contributed by atoms with Crippen LogP contribution in [0.25, 0.3) is 0 Å². The van der Waals surface area contributed by atoms with Crippen LogP contribution in [0.3, 0.4) is 0 Å². The Morgan fingerprint density at radius 1 is 1.50 bits per heavy atom. The van der Waals surface area contributed by atoms with Gasteiger partial charge in [-0.25, -0.2) is 4.79 Å². The van der Waals surface area contributed by atoms with Crippen LogP contribution in [0.2, 0.25) is 0 Å². The van der Waals surface area contributed by atoms with Gasteiger partial charge >= 0.3 is 5.97 Å². The number of carboxylic acids is 1. The highest BCUT2D eigenvalue weighted by Crippen LogP contribution is 2.24. The van der Waals surface area contributed by atoms with Crippen LogP contribution >= 0.6 is 0 Å². The number of carboxylic acid groups (broad SMARTS) is 1. The number of methoxy groups -OCH3 is 1. The number of hydrogen-bond donors (Lipinski definition) is 1. The van der Waals surface area contributed by atoms with Gasteiger partial charge in [0.15, 0.2) is 0 Å². The average molecular weight is 194 g/mol. The Hall–Kier alpha value is -1.51. The van der Waals surface area contributed by atoms with Crippen molar-refractivity contribution in [1.82, 2.24) is 0 Å². The molecule has 0 bridgehead atoms. The number of carbonyl (C=O) groups is 1. The molecule has 0 aliphatic rings. The molecule has 3 heteroatoms. The first-order valence-corrected chi connectivity index (χ1v) is 4.59. The van der Waals surface area contributed by atoms with Crippen LogP contribution < -0.4 is 4.74 Å². The number of aryl methyl sites for hydroxylation is 1. The maximum atomic E-state index is 10.9. The van der Waals surface area contributed by atoms with Crippen molar-refractivity contribution in [2.45, 2.75) is 19.8 Å². The minimum atomic E-state index is -0.945. The van der Waals surface area contributed by atoms with Gasteiger partial charge in [0.1, 0.15) is 11.3 Å². The fourth-order valence-electron chi connectivity index (χ4n) is 1.46. The van der Waals surface area contributed by atoms with E-state index in [1.54, 1.807) is 12.1 Å². The molecule has 0 amide bonds. The first-order valence-electron chi connectivity index (χ1n) is 4.59. The van der Waals surface area contributed by atoms with Crippen molar-refractivity contribution in [2.24, 2.45) is 0 Å². The first kappa shape index (κ1) is 10.6. The molecule has 1 rings (SSSR count). The largest absolute Gasteiger partial charge is 0.496 e. The van der Waals surface area contributed by atoms with E-state index < -0.39 is 5.97 Å². The van der Waals surface area contributed by atoms with Gasteiger partial charge in [-0.3, -0.25) is 0 Å².